The standard InChI is InChI=1S/C18H16N6O2S/c1-2-23(11-3-10-19)14-6-4-13(5-7-14)21-22-18-20-16-9-8-15(24(25)26)12-17(16)27-18/h4-9,12H,2-3,11H2,1H3/b22-21+. The summed E-state index contributed by atoms with van der Waals surface area (Å²) >= 11 is 1.25. The lowest BCUT2D eigenvalue weighted by molar-refractivity contribution is -0.384. The van der Waals surface area contributed by atoms with Gasteiger partial charge in [-0.05, 0) is 37.3 Å². The Morgan fingerprint density at radius 3 is 2.70 bits per heavy atom. The summed E-state index contributed by atoms with van der Waals surface area (Å²) in [6, 6.07) is 14.3. The zero-order chi connectivity index (χ0) is 19.2. The maximum absolute atomic E-state index is 10.8. The number of aromatic nitrogens is 1. The lowest BCUT2D eigenvalue weighted by atomic mass is 10.2. The minimum Gasteiger partial charge on any atom is -0.371 e. The molecule has 27 heavy (non-hydrogen) atoms. The summed E-state index contributed by atoms with van der Waals surface area (Å²) in [6.45, 7) is 3.55. The lowest BCUT2D eigenvalue weighted by Crippen LogP contribution is -2.23. The van der Waals surface area contributed by atoms with Gasteiger partial charge in [0.1, 0.15) is 0 Å². The first kappa shape index (κ1) is 18.4. The van der Waals surface area contributed by atoms with Gasteiger partial charge < -0.3 is 4.90 Å². The molecular formula is C18H16N6O2S. The fourth-order valence-electron chi connectivity index (χ4n) is 2.54. The quantitative estimate of drug-likeness (QED) is 0.311. The minimum atomic E-state index is -0.432. The first-order valence-corrected chi connectivity index (χ1v) is 9.11. The zero-order valence-corrected chi connectivity index (χ0v) is 15.4. The van der Waals surface area contributed by atoms with E-state index in [0.29, 0.717) is 34.0 Å². The van der Waals surface area contributed by atoms with E-state index in [2.05, 4.69) is 26.2 Å². The highest BCUT2D eigenvalue weighted by Gasteiger charge is 2.10. The maximum Gasteiger partial charge on any atom is 0.270 e. The van der Waals surface area contributed by atoms with Crippen LogP contribution in [0.15, 0.2) is 52.7 Å². The van der Waals surface area contributed by atoms with Crippen LogP contribution in [0.2, 0.25) is 0 Å². The Bertz CT molecular complexity index is 1020. The minimum absolute atomic E-state index is 0.0297. The molecule has 1 heterocycles. The molecule has 0 bridgehead atoms. The summed E-state index contributed by atoms with van der Waals surface area (Å²) in [5.74, 6) is 0. The monoisotopic (exact) mass is 380 g/mol. The molecule has 0 aliphatic heterocycles. The Morgan fingerprint density at radius 1 is 1.26 bits per heavy atom. The van der Waals surface area contributed by atoms with Gasteiger partial charge in [-0.3, -0.25) is 10.1 Å². The van der Waals surface area contributed by atoms with E-state index < -0.39 is 4.92 Å². The Morgan fingerprint density at radius 2 is 2.04 bits per heavy atom. The molecule has 0 atom stereocenters. The van der Waals surface area contributed by atoms with Crippen LogP contribution in [0.5, 0.6) is 0 Å². The Labute approximate surface area is 159 Å². The molecule has 0 radical (unpaired) electrons. The van der Waals surface area contributed by atoms with Gasteiger partial charge in [-0.2, -0.15) is 5.26 Å². The smallest absolute Gasteiger partial charge is 0.270 e. The number of non-ortho nitro benzene ring substituents is 1. The van der Waals surface area contributed by atoms with Crippen molar-refractivity contribution in [3.05, 3.63) is 52.6 Å². The average molecular weight is 380 g/mol. The molecule has 8 nitrogen and oxygen atoms in total. The largest absolute Gasteiger partial charge is 0.371 e. The number of nitrogens with zero attached hydrogens (tertiary/aromatic N) is 6. The van der Waals surface area contributed by atoms with Crippen LogP contribution in [0.25, 0.3) is 10.2 Å². The molecule has 2 aromatic carbocycles. The van der Waals surface area contributed by atoms with Crippen LogP contribution in [0, 0.1) is 21.4 Å². The molecule has 0 aliphatic carbocycles. The number of thiazole rings is 1. The molecule has 3 rings (SSSR count). The highest BCUT2D eigenvalue weighted by molar-refractivity contribution is 7.21. The zero-order valence-electron chi connectivity index (χ0n) is 14.6. The summed E-state index contributed by atoms with van der Waals surface area (Å²) in [5.41, 5.74) is 2.40. The van der Waals surface area contributed by atoms with E-state index in [0.717, 1.165) is 12.2 Å². The fraction of sp³-hybridized carbons (Fsp3) is 0.222. The molecule has 0 saturated carbocycles. The molecule has 136 valence electrons. The second-order valence-corrected chi connectivity index (χ2v) is 6.62. The fourth-order valence-corrected chi connectivity index (χ4v) is 3.36. The molecule has 0 aliphatic rings. The van der Waals surface area contributed by atoms with Gasteiger partial charge in [0.15, 0.2) is 0 Å². The Hall–Kier alpha value is -3.38. The topological polar surface area (TPSA) is 108 Å². The van der Waals surface area contributed by atoms with E-state index in [1.54, 1.807) is 6.07 Å². The van der Waals surface area contributed by atoms with Crippen molar-refractivity contribution in [3.8, 4) is 6.07 Å². The van der Waals surface area contributed by atoms with Crippen molar-refractivity contribution in [1.29, 1.82) is 5.26 Å². The van der Waals surface area contributed by atoms with Crippen molar-refractivity contribution in [2.24, 2.45) is 10.2 Å². The predicted molar refractivity (Wildman–Crippen MR) is 105 cm³/mol. The van der Waals surface area contributed by atoms with E-state index in [4.69, 9.17) is 5.26 Å². The van der Waals surface area contributed by atoms with Gasteiger partial charge in [0, 0.05) is 30.9 Å². The summed E-state index contributed by atoms with van der Waals surface area (Å²) < 4.78 is 0.699. The number of nitro benzene ring substituents is 1. The molecule has 0 spiro atoms. The number of fused-ring (bicyclic) bond motifs is 1. The normalized spacial score (nSPS) is 11.0. The van der Waals surface area contributed by atoms with E-state index in [-0.39, 0.29) is 5.69 Å². The Balaban J connectivity index is 1.75. The van der Waals surface area contributed by atoms with Crippen LogP contribution in [0.3, 0.4) is 0 Å². The predicted octanol–water partition coefficient (Wildman–Crippen LogP) is 5.36. The molecule has 0 saturated heterocycles. The first-order valence-electron chi connectivity index (χ1n) is 8.29. The molecule has 0 amide bonds. The van der Waals surface area contributed by atoms with E-state index >= 15 is 0 Å². The Kier molecular flexibility index (Phi) is 5.68. The second-order valence-electron chi connectivity index (χ2n) is 5.61. The number of rotatable bonds is 7. The van der Waals surface area contributed by atoms with Crippen LogP contribution in [0.1, 0.15) is 13.3 Å². The van der Waals surface area contributed by atoms with Crippen LogP contribution in [0.4, 0.5) is 22.2 Å². The second kappa shape index (κ2) is 8.33. The van der Waals surface area contributed by atoms with Crippen molar-refractivity contribution in [1.82, 2.24) is 4.98 Å². The number of hydrogen-bond acceptors (Lipinski definition) is 8. The highest BCUT2D eigenvalue weighted by Crippen LogP contribution is 2.32. The first-order chi connectivity index (χ1) is 13.1. The van der Waals surface area contributed by atoms with Crippen LogP contribution < -0.4 is 4.90 Å². The summed E-state index contributed by atoms with van der Waals surface area (Å²) in [4.78, 5) is 16.8. The van der Waals surface area contributed by atoms with E-state index in [1.165, 1.54) is 23.5 Å². The van der Waals surface area contributed by atoms with Gasteiger partial charge in [-0.1, -0.05) is 11.3 Å². The molecule has 1 aromatic heterocycles. The third-order valence-electron chi connectivity index (χ3n) is 3.91. The third-order valence-corrected chi connectivity index (χ3v) is 4.82. The molecule has 9 heteroatoms. The SMILES string of the molecule is CCN(CCC#N)c1ccc(/N=N/c2nc3ccc([N+](=O)[O-])cc3s2)cc1. The average Bonchev–Trinajstić information content (AvgIpc) is 3.10. The van der Waals surface area contributed by atoms with Crippen LogP contribution in [-0.4, -0.2) is 23.0 Å². The van der Waals surface area contributed by atoms with E-state index in [1.807, 2.05) is 31.2 Å². The molecule has 0 fully saturated rings. The van der Waals surface area contributed by atoms with Gasteiger partial charge in [0.05, 0.1) is 33.3 Å². The highest BCUT2D eigenvalue weighted by atomic mass is 32.1. The van der Waals surface area contributed by atoms with Gasteiger partial charge >= 0.3 is 0 Å². The van der Waals surface area contributed by atoms with Gasteiger partial charge in [-0.25, -0.2) is 4.98 Å². The van der Waals surface area contributed by atoms with Gasteiger partial charge in [0.25, 0.3) is 5.69 Å². The summed E-state index contributed by atoms with van der Waals surface area (Å²) in [5, 5.41) is 28.3. The number of nitriles is 1. The summed E-state index contributed by atoms with van der Waals surface area (Å²) in [6.07, 6.45) is 0.477. The molecule has 0 unspecified atom stereocenters. The number of hydrogen-bond donors (Lipinski definition) is 0. The lowest BCUT2D eigenvalue weighted by Gasteiger charge is -2.21. The van der Waals surface area contributed by atoms with Crippen molar-refractivity contribution >= 4 is 43.7 Å². The van der Waals surface area contributed by atoms with Gasteiger partial charge in [0.2, 0.25) is 5.13 Å². The molecule has 3 aromatic rings. The van der Waals surface area contributed by atoms with Gasteiger partial charge in [-0.15, -0.1) is 10.2 Å². The van der Waals surface area contributed by atoms with Crippen molar-refractivity contribution in [3.63, 3.8) is 0 Å². The van der Waals surface area contributed by atoms with Crippen LogP contribution >= 0.6 is 11.3 Å². The number of azo groups is 1. The summed E-state index contributed by atoms with van der Waals surface area (Å²) in [7, 11) is 0. The maximum atomic E-state index is 10.8. The number of benzene rings is 2. The van der Waals surface area contributed by atoms with Crippen molar-refractivity contribution < 1.29 is 4.92 Å². The third kappa shape index (κ3) is 4.43. The van der Waals surface area contributed by atoms with Crippen molar-refractivity contribution in [2.75, 3.05) is 18.0 Å². The number of anilines is 1. The van der Waals surface area contributed by atoms with Crippen LogP contribution in [-0.2, 0) is 0 Å². The number of nitro groups is 1. The van der Waals surface area contributed by atoms with Crippen molar-refractivity contribution in [2.45, 2.75) is 13.3 Å². The van der Waals surface area contributed by atoms with E-state index in [9.17, 15) is 10.1 Å². The molecular weight excluding hydrogens is 364 g/mol. The molecule has 0 N–H and O–H groups in total.